The van der Waals surface area contributed by atoms with Crippen LogP contribution in [0.1, 0.15) is 0 Å². The first kappa shape index (κ1) is 79.4. The number of anilines is 18. The van der Waals surface area contributed by atoms with Crippen molar-refractivity contribution in [3.05, 3.63) is 504 Å². The van der Waals surface area contributed by atoms with Crippen LogP contribution in [-0.4, -0.2) is 4.57 Å². The third-order valence-corrected chi connectivity index (χ3v) is 29.3. The Balaban J connectivity index is 0.000000102. The molecule has 0 N–H and O–H groups in total. The molecule has 0 bridgehead atoms. The van der Waals surface area contributed by atoms with E-state index in [1.54, 1.807) is 0 Å². The number of hydrogen-bond donors (Lipinski definition) is 0. The van der Waals surface area contributed by atoms with Gasteiger partial charge in [0.25, 0.3) is 0 Å². The van der Waals surface area contributed by atoms with E-state index < -0.39 is 0 Å². The van der Waals surface area contributed by atoms with Gasteiger partial charge in [-0.3, -0.25) is 0 Å². The lowest BCUT2D eigenvalue weighted by molar-refractivity contribution is 0.668. The van der Waals surface area contributed by atoms with E-state index in [4.69, 9.17) is 8.83 Å². The predicted octanol–water partition coefficient (Wildman–Crippen LogP) is 38.1. The smallest absolute Gasteiger partial charge is 0.159 e. The van der Waals surface area contributed by atoms with Crippen molar-refractivity contribution in [2.45, 2.75) is 0 Å². The zero-order chi connectivity index (χ0) is 92.4. The monoisotopic (exact) mass is 1800 g/mol. The first-order chi connectivity index (χ1) is 70.0. The van der Waals surface area contributed by atoms with E-state index in [9.17, 15) is 0 Å². The van der Waals surface area contributed by atoms with Gasteiger partial charge in [-0.2, -0.15) is 0 Å². The third-order valence-electron chi connectivity index (χ3n) is 29.3. The first-order valence-corrected chi connectivity index (χ1v) is 48.3. The maximum absolute atomic E-state index is 6.68. The molecule has 141 heavy (non-hydrogen) atoms. The number of hydrogen-bond acceptors (Lipinski definition) is 8. The fourth-order valence-electron chi connectivity index (χ4n) is 23.1. The number of aromatic nitrogens is 1. The van der Waals surface area contributed by atoms with Crippen molar-refractivity contribution in [2.75, 3.05) is 29.4 Å². The van der Waals surface area contributed by atoms with Crippen LogP contribution < -0.4 is 29.4 Å². The predicted molar refractivity (Wildman–Crippen MR) is 595 cm³/mol. The van der Waals surface area contributed by atoms with E-state index in [1.165, 1.54) is 142 Å². The molecule has 0 unspecified atom stereocenters. The lowest BCUT2D eigenvalue weighted by Crippen LogP contribution is -2.25. The van der Waals surface area contributed by atoms with Crippen LogP contribution >= 0.6 is 0 Å². The van der Waals surface area contributed by atoms with E-state index >= 15 is 0 Å². The summed E-state index contributed by atoms with van der Waals surface area (Å²) >= 11 is 0. The maximum atomic E-state index is 6.68. The Morgan fingerprint density at radius 1 is 0.128 bits per heavy atom. The summed E-state index contributed by atoms with van der Waals surface area (Å²) in [6.07, 6.45) is 0. The molecule has 9 nitrogen and oxygen atoms in total. The van der Waals surface area contributed by atoms with Crippen molar-refractivity contribution in [3.63, 3.8) is 0 Å². The fraction of sp³-hybridized carbons (Fsp3) is 0. The van der Waals surface area contributed by atoms with Gasteiger partial charge in [0, 0.05) is 97.9 Å². The summed E-state index contributed by atoms with van der Waals surface area (Å²) in [7, 11) is 0. The van der Waals surface area contributed by atoms with Crippen molar-refractivity contribution in [3.8, 4) is 5.69 Å². The quantitative estimate of drug-likeness (QED) is 0.156. The molecule has 28 aromatic rings. The Morgan fingerprint density at radius 3 is 0.801 bits per heavy atom. The summed E-state index contributed by atoms with van der Waals surface area (Å²) in [6, 6.07) is 182. The average molecular weight is 1800 g/mol. The molecular formula is C132H83N7O2. The maximum Gasteiger partial charge on any atom is 0.159 e. The molecule has 25 aromatic carbocycles. The zero-order valence-electron chi connectivity index (χ0n) is 76.4. The average Bonchev–Trinajstić information content (AvgIpc) is 1.48. The summed E-state index contributed by atoms with van der Waals surface area (Å²) in [5.74, 6) is 0. The molecule has 0 radical (unpaired) electrons. The van der Waals surface area contributed by atoms with Crippen LogP contribution in [0, 0.1) is 0 Å². The molecule has 0 atom stereocenters. The van der Waals surface area contributed by atoms with Gasteiger partial charge in [-0.25, -0.2) is 0 Å². The molecule has 9 heteroatoms. The number of para-hydroxylation sites is 5. The zero-order valence-corrected chi connectivity index (χ0v) is 76.4. The molecule has 31 rings (SSSR count). The van der Waals surface area contributed by atoms with E-state index in [1.807, 2.05) is 18.2 Å². The molecule has 658 valence electrons. The van der Waals surface area contributed by atoms with Gasteiger partial charge < -0.3 is 42.8 Å². The van der Waals surface area contributed by atoms with Crippen LogP contribution in [0.5, 0.6) is 0 Å². The highest BCUT2D eigenvalue weighted by Gasteiger charge is 2.40. The second-order valence-electron chi connectivity index (χ2n) is 36.9. The first-order valence-electron chi connectivity index (χ1n) is 48.3. The van der Waals surface area contributed by atoms with Crippen LogP contribution in [0.25, 0.3) is 168 Å². The van der Waals surface area contributed by atoms with Gasteiger partial charge in [-0.15, -0.1) is 0 Å². The Bertz CT molecular complexity index is 10000. The number of furan rings is 2. The third kappa shape index (κ3) is 12.3. The highest BCUT2D eigenvalue weighted by Crippen LogP contribution is 2.65. The van der Waals surface area contributed by atoms with Gasteiger partial charge in [-0.1, -0.05) is 376 Å². The van der Waals surface area contributed by atoms with Gasteiger partial charge in [0.1, 0.15) is 16.7 Å². The minimum absolute atomic E-state index is 0.885. The molecular weight excluding hydrogens is 1720 g/mol. The lowest BCUT2D eigenvalue weighted by atomic mass is 9.95. The molecule has 3 aliphatic rings. The number of rotatable bonds is 7. The highest BCUT2D eigenvalue weighted by atomic mass is 16.3. The molecule has 6 heterocycles. The second kappa shape index (κ2) is 31.8. The van der Waals surface area contributed by atoms with Gasteiger partial charge >= 0.3 is 0 Å². The van der Waals surface area contributed by atoms with Crippen LogP contribution in [0.4, 0.5) is 102 Å². The fourth-order valence-corrected chi connectivity index (χ4v) is 23.1. The molecule has 3 aliphatic heterocycles. The molecule has 3 aromatic heterocycles. The molecule has 0 saturated heterocycles. The van der Waals surface area contributed by atoms with Crippen molar-refractivity contribution >= 4 is 265 Å². The summed E-state index contributed by atoms with van der Waals surface area (Å²) in [5, 5.41) is 28.7. The number of nitrogens with zero attached hydrogens (tertiary/aromatic N) is 7. The van der Waals surface area contributed by atoms with E-state index in [0.717, 1.165) is 129 Å². The topological polar surface area (TPSA) is 50.7 Å². The van der Waals surface area contributed by atoms with Crippen molar-refractivity contribution in [1.29, 1.82) is 0 Å². The Kier molecular flexibility index (Phi) is 17.9. The number of fused-ring (bicyclic) bond motifs is 30. The van der Waals surface area contributed by atoms with E-state index in [2.05, 4.69) is 519 Å². The standard InChI is InChI=1S/C48H31N3.2C42H26N2O/c1-2-17-35(18-3-1)49-43-23-11-10-22-40(43)41-31-36(27-30-44(41)49)50-45-28-25-34-15-6-9-21-39(34)48(45)51(42-24-12-16-32-13-4-7-19-37(32)42)46-29-26-33-14-5-8-20-38(33)47(46)50;1-4-15-30-27(11-1)14-9-20-35(30)43-36-25-23-29-13-3-6-17-32(29)41(36)44(37-26-24-28-12-2-5-16-31(28)40(37)43)38-21-10-19-34-33-18-7-8-22-39(33)45-42(34)38;1-4-14-31-27(10-1)13-9-18-36(31)44-38-24-21-28-11-2-5-15-32(28)41(38)43(37-23-20-29-12-3-6-16-33(29)42(37)44)30-22-25-40-35(26-30)34-17-7-8-19-39(34)45-40/h1-31H;2*1-26H. The van der Waals surface area contributed by atoms with Gasteiger partial charge in [0.2, 0.25) is 0 Å². The molecule has 0 aliphatic carbocycles. The molecule has 0 spiro atoms. The van der Waals surface area contributed by atoms with Gasteiger partial charge in [-0.05, 0) is 176 Å². The second-order valence-corrected chi connectivity index (χ2v) is 36.9. The van der Waals surface area contributed by atoms with E-state index in [-0.39, 0.29) is 0 Å². The summed E-state index contributed by atoms with van der Waals surface area (Å²) in [6.45, 7) is 0. The molecule has 0 amide bonds. The van der Waals surface area contributed by atoms with Crippen LogP contribution in [0.15, 0.2) is 512 Å². The minimum Gasteiger partial charge on any atom is -0.456 e. The Labute approximate surface area is 811 Å². The summed E-state index contributed by atoms with van der Waals surface area (Å²) < 4.78 is 15.3. The van der Waals surface area contributed by atoms with Crippen LogP contribution in [0.2, 0.25) is 0 Å². The molecule has 0 saturated carbocycles. The molecule has 0 fully saturated rings. The SMILES string of the molecule is c1ccc(-n2c3ccccc3c3cc(N4c5ccc6ccccc6c5N(c5cccc6ccccc56)c5ccc6ccccc6c54)ccc32)cc1.c1ccc2c(N3c4ccc5ccccc5c4N(c4ccc5oc6ccccc6c5c4)c4ccc5ccccc5c43)cccc2c1.c1ccc2c(N3c4ccc5ccccc5c4N(c4cccc5c4oc4ccccc45)c4ccc5ccccc5c43)cccc2c1. The van der Waals surface area contributed by atoms with Crippen molar-refractivity contribution in [1.82, 2.24) is 4.57 Å². The number of benzene rings is 25. The Hall–Kier alpha value is -19.0. The van der Waals surface area contributed by atoms with Gasteiger partial charge in [0.15, 0.2) is 5.58 Å². The van der Waals surface area contributed by atoms with E-state index in [0.29, 0.717) is 0 Å². The largest absolute Gasteiger partial charge is 0.456 e. The van der Waals surface area contributed by atoms with Crippen molar-refractivity contribution in [2.24, 2.45) is 0 Å². The summed E-state index contributed by atoms with van der Waals surface area (Å²) in [5.41, 5.74) is 27.7. The van der Waals surface area contributed by atoms with Crippen molar-refractivity contribution < 1.29 is 8.83 Å². The normalized spacial score (nSPS) is 12.7. The summed E-state index contributed by atoms with van der Waals surface area (Å²) in [4.78, 5) is 14.9. The van der Waals surface area contributed by atoms with Gasteiger partial charge in [0.05, 0.1) is 102 Å². The highest BCUT2D eigenvalue weighted by molar-refractivity contribution is 6.26. The minimum atomic E-state index is 0.885. The van der Waals surface area contributed by atoms with Crippen LogP contribution in [0.3, 0.4) is 0 Å². The van der Waals surface area contributed by atoms with Crippen LogP contribution in [-0.2, 0) is 0 Å². The Morgan fingerprint density at radius 2 is 0.390 bits per heavy atom. The lowest BCUT2D eigenvalue weighted by Gasteiger charge is -2.42.